The van der Waals surface area contributed by atoms with E-state index in [4.69, 9.17) is 4.42 Å². The Hall–Kier alpha value is -3.71. The maximum absolute atomic E-state index is 12.9. The molecule has 0 fully saturated rings. The molecule has 0 saturated carbocycles. The zero-order valence-electron chi connectivity index (χ0n) is 15.2. The van der Waals surface area contributed by atoms with Crippen LogP contribution in [0.5, 0.6) is 0 Å². The van der Waals surface area contributed by atoms with Crippen LogP contribution in [0.1, 0.15) is 21.7 Å². The van der Waals surface area contributed by atoms with Crippen molar-refractivity contribution in [3.05, 3.63) is 86.4 Å². The molecule has 29 heavy (non-hydrogen) atoms. The van der Waals surface area contributed by atoms with Crippen LogP contribution in [0.4, 0.5) is 0 Å². The van der Waals surface area contributed by atoms with Crippen LogP contribution in [0.15, 0.2) is 63.8 Å². The van der Waals surface area contributed by atoms with E-state index in [0.717, 1.165) is 16.6 Å². The molecule has 0 aliphatic carbocycles. The highest BCUT2D eigenvalue weighted by molar-refractivity contribution is 7.15. The van der Waals surface area contributed by atoms with E-state index >= 15 is 0 Å². The molecule has 0 radical (unpaired) electrons. The van der Waals surface area contributed by atoms with Gasteiger partial charge in [0.25, 0.3) is 5.56 Å². The molecule has 2 aromatic carbocycles. The highest BCUT2D eigenvalue weighted by Gasteiger charge is 2.13. The summed E-state index contributed by atoms with van der Waals surface area (Å²) in [7, 11) is 0. The Kier molecular flexibility index (Phi) is 3.85. The average Bonchev–Trinajstić information content (AvgIpc) is 3.38. The standard InChI is InChI=1S/C22H14N2O4S/c1-12-6-7-13(21(26)27)10-15(12)18-9-8-14(28-18)11-19-20(25)24-17-5-3-2-4-16(17)23-22(24)29-19/h2-11H,1H3,(H,26,27)/b19-11+. The second kappa shape index (κ2) is 6.42. The van der Waals surface area contributed by atoms with Gasteiger partial charge >= 0.3 is 5.97 Å². The van der Waals surface area contributed by atoms with E-state index in [0.29, 0.717) is 26.6 Å². The lowest BCUT2D eigenvalue weighted by Gasteiger charge is -2.04. The molecular formula is C22H14N2O4S. The van der Waals surface area contributed by atoms with Gasteiger partial charge in [-0.05, 0) is 48.9 Å². The van der Waals surface area contributed by atoms with Gasteiger partial charge < -0.3 is 9.52 Å². The van der Waals surface area contributed by atoms with Gasteiger partial charge in [0.1, 0.15) is 16.1 Å². The number of rotatable bonds is 3. The first-order chi connectivity index (χ1) is 14.0. The summed E-state index contributed by atoms with van der Waals surface area (Å²) in [6.45, 7) is 1.89. The van der Waals surface area contributed by atoms with Gasteiger partial charge in [0, 0.05) is 11.6 Å². The molecule has 7 heteroatoms. The van der Waals surface area contributed by atoms with Crippen LogP contribution < -0.4 is 10.1 Å². The lowest BCUT2D eigenvalue weighted by molar-refractivity contribution is 0.0697. The molecule has 0 atom stereocenters. The van der Waals surface area contributed by atoms with Crippen molar-refractivity contribution in [1.82, 2.24) is 9.38 Å². The number of furan rings is 1. The Morgan fingerprint density at radius 1 is 1.17 bits per heavy atom. The average molecular weight is 402 g/mol. The first kappa shape index (κ1) is 17.4. The van der Waals surface area contributed by atoms with Crippen LogP contribution in [-0.4, -0.2) is 20.5 Å². The molecule has 6 nitrogen and oxygen atoms in total. The highest BCUT2D eigenvalue weighted by Crippen LogP contribution is 2.27. The lowest BCUT2D eigenvalue weighted by Crippen LogP contribution is -2.22. The smallest absolute Gasteiger partial charge is 0.335 e. The molecule has 142 valence electrons. The highest BCUT2D eigenvalue weighted by atomic mass is 32.1. The van der Waals surface area contributed by atoms with E-state index in [1.165, 1.54) is 11.3 Å². The SMILES string of the molecule is Cc1ccc(C(=O)O)cc1-c1ccc(/C=c2/sc3nc4ccccc4n3c2=O)o1. The minimum absolute atomic E-state index is 0.138. The van der Waals surface area contributed by atoms with Crippen LogP contribution in [0, 0.1) is 6.92 Å². The molecule has 0 saturated heterocycles. The number of carboxylic acids is 1. The quantitative estimate of drug-likeness (QED) is 0.497. The molecule has 0 bridgehead atoms. The summed E-state index contributed by atoms with van der Waals surface area (Å²) in [6.07, 6.45) is 1.69. The molecule has 0 spiro atoms. The van der Waals surface area contributed by atoms with Crippen LogP contribution in [0.3, 0.4) is 0 Å². The molecular weight excluding hydrogens is 388 g/mol. The van der Waals surface area contributed by atoms with Crippen LogP contribution in [0.2, 0.25) is 0 Å². The largest absolute Gasteiger partial charge is 0.478 e. The molecule has 1 N–H and O–H groups in total. The van der Waals surface area contributed by atoms with E-state index in [1.54, 1.807) is 40.8 Å². The third-order valence-electron chi connectivity index (χ3n) is 4.80. The Bertz CT molecular complexity index is 1520. The predicted molar refractivity (Wildman–Crippen MR) is 111 cm³/mol. The minimum atomic E-state index is -0.991. The fraction of sp³-hybridized carbons (Fsp3) is 0.0455. The predicted octanol–water partition coefficient (Wildman–Crippen LogP) is 3.72. The molecule has 3 heterocycles. The third kappa shape index (κ3) is 2.83. The second-order valence-corrected chi connectivity index (χ2v) is 7.68. The number of hydrogen-bond acceptors (Lipinski definition) is 5. The molecule has 0 unspecified atom stereocenters. The first-order valence-electron chi connectivity index (χ1n) is 8.87. The fourth-order valence-electron chi connectivity index (χ4n) is 3.34. The Morgan fingerprint density at radius 3 is 2.83 bits per heavy atom. The number of aryl methyl sites for hydroxylation is 1. The van der Waals surface area contributed by atoms with Gasteiger partial charge in [0.15, 0.2) is 4.96 Å². The zero-order valence-corrected chi connectivity index (χ0v) is 16.1. The summed E-state index contributed by atoms with van der Waals surface area (Å²) < 4.78 is 8.02. The number of hydrogen-bond donors (Lipinski definition) is 1. The van der Waals surface area contributed by atoms with Crippen molar-refractivity contribution in [3.63, 3.8) is 0 Å². The maximum atomic E-state index is 12.9. The Morgan fingerprint density at radius 2 is 2.00 bits per heavy atom. The van der Waals surface area contributed by atoms with Crippen molar-refractivity contribution in [3.8, 4) is 11.3 Å². The number of aromatic nitrogens is 2. The van der Waals surface area contributed by atoms with E-state index in [-0.39, 0.29) is 11.1 Å². The van der Waals surface area contributed by atoms with Crippen molar-refractivity contribution in [2.45, 2.75) is 6.92 Å². The van der Waals surface area contributed by atoms with Gasteiger partial charge in [-0.3, -0.25) is 4.79 Å². The zero-order chi connectivity index (χ0) is 20.1. The van der Waals surface area contributed by atoms with Crippen molar-refractivity contribution < 1.29 is 14.3 Å². The number of fused-ring (bicyclic) bond motifs is 3. The summed E-state index contributed by atoms with van der Waals surface area (Å²) in [4.78, 5) is 29.3. The van der Waals surface area contributed by atoms with Crippen molar-refractivity contribution in [2.24, 2.45) is 0 Å². The summed E-state index contributed by atoms with van der Waals surface area (Å²) in [6, 6.07) is 16.0. The van der Waals surface area contributed by atoms with Crippen LogP contribution in [-0.2, 0) is 0 Å². The number of carbonyl (C=O) groups is 1. The number of para-hydroxylation sites is 2. The number of carboxylic acid groups (broad SMARTS) is 1. The molecule has 5 rings (SSSR count). The number of thiazole rings is 1. The summed E-state index contributed by atoms with van der Waals surface area (Å²) in [5, 5.41) is 9.22. The summed E-state index contributed by atoms with van der Waals surface area (Å²) in [5.41, 5.74) is 3.24. The molecule has 0 aliphatic rings. The van der Waals surface area contributed by atoms with Gasteiger partial charge in [0.05, 0.1) is 16.6 Å². The number of imidazole rings is 1. The van der Waals surface area contributed by atoms with E-state index in [1.807, 2.05) is 31.2 Å². The van der Waals surface area contributed by atoms with E-state index < -0.39 is 5.97 Å². The van der Waals surface area contributed by atoms with Gasteiger partial charge in [-0.25, -0.2) is 14.2 Å². The van der Waals surface area contributed by atoms with Gasteiger partial charge in [-0.2, -0.15) is 0 Å². The Labute approximate surface area is 168 Å². The summed E-state index contributed by atoms with van der Waals surface area (Å²) in [5.74, 6) is 0.0804. The number of nitrogens with zero attached hydrogens (tertiary/aromatic N) is 2. The molecule has 0 amide bonds. The second-order valence-electron chi connectivity index (χ2n) is 6.67. The van der Waals surface area contributed by atoms with Crippen molar-refractivity contribution in [1.29, 1.82) is 0 Å². The topological polar surface area (TPSA) is 84.8 Å². The first-order valence-corrected chi connectivity index (χ1v) is 9.69. The van der Waals surface area contributed by atoms with Crippen LogP contribution in [0.25, 0.3) is 33.4 Å². The van der Waals surface area contributed by atoms with Crippen LogP contribution >= 0.6 is 11.3 Å². The van der Waals surface area contributed by atoms with E-state index in [9.17, 15) is 14.7 Å². The van der Waals surface area contributed by atoms with E-state index in [2.05, 4.69) is 4.98 Å². The number of aromatic carboxylic acids is 1. The summed E-state index contributed by atoms with van der Waals surface area (Å²) >= 11 is 1.31. The van der Waals surface area contributed by atoms with Gasteiger partial charge in [-0.15, -0.1) is 0 Å². The lowest BCUT2D eigenvalue weighted by atomic mass is 10.0. The molecule has 0 aliphatic heterocycles. The fourth-order valence-corrected chi connectivity index (χ4v) is 4.30. The minimum Gasteiger partial charge on any atom is -0.478 e. The molecule has 5 aromatic rings. The Balaban J connectivity index is 1.61. The monoisotopic (exact) mass is 402 g/mol. The third-order valence-corrected chi connectivity index (χ3v) is 5.76. The van der Waals surface area contributed by atoms with Gasteiger partial charge in [-0.1, -0.05) is 29.5 Å². The molecule has 3 aromatic heterocycles. The number of benzene rings is 2. The maximum Gasteiger partial charge on any atom is 0.335 e. The van der Waals surface area contributed by atoms with Crippen molar-refractivity contribution in [2.75, 3.05) is 0 Å². The normalized spacial score (nSPS) is 12.2. The van der Waals surface area contributed by atoms with Crippen molar-refractivity contribution >= 4 is 39.4 Å². The van der Waals surface area contributed by atoms with Gasteiger partial charge in [0.2, 0.25) is 0 Å².